The quantitative estimate of drug-likeness (QED) is 0.412. The molecule has 0 atom stereocenters. The summed E-state index contributed by atoms with van der Waals surface area (Å²) in [5.74, 6) is -3.41. The second-order valence-electron chi connectivity index (χ2n) is 5.25. The number of anilines is 1. The molecule has 0 aliphatic carbocycles. The fraction of sp³-hybridized carbons (Fsp3) is 0.111. The number of allylic oxidation sites excluding steroid dienone is 1. The summed E-state index contributed by atoms with van der Waals surface area (Å²) in [6, 6.07) is 8.67. The predicted octanol–water partition coefficient (Wildman–Crippen LogP) is 2.36. The highest BCUT2D eigenvalue weighted by Crippen LogP contribution is 2.18. The van der Waals surface area contributed by atoms with Crippen LogP contribution in [0, 0.1) is 6.92 Å². The zero-order valence-corrected chi connectivity index (χ0v) is 14.0. The van der Waals surface area contributed by atoms with E-state index in [1.54, 1.807) is 19.1 Å². The number of hydrogen-bond acceptors (Lipinski definition) is 6. The van der Waals surface area contributed by atoms with Crippen molar-refractivity contribution in [3.63, 3.8) is 0 Å². The van der Waals surface area contributed by atoms with Gasteiger partial charge in [0.25, 0.3) is 5.91 Å². The van der Waals surface area contributed by atoms with Gasteiger partial charge in [-0.2, -0.15) is 0 Å². The van der Waals surface area contributed by atoms with E-state index in [2.05, 4.69) is 10.3 Å². The summed E-state index contributed by atoms with van der Waals surface area (Å²) in [4.78, 5) is 39.1. The highest BCUT2D eigenvalue weighted by molar-refractivity contribution is 6.11. The summed E-state index contributed by atoms with van der Waals surface area (Å²) in [5.41, 5.74) is 0.775. The number of carboxylic acid groups (broad SMARTS) is 1. The summed E-state index contributed by atoms with van der Waals surface area (Å²) in [5, 5.41) is 21.2. The standard InChI is InChI=1S/C18H16N2O6/c1-10-6-7-11(18(24)25)8-13(10)20-17(23)15(22)9-14(21)12-4-3-5-16(19-12)26-2/h3-9,22H,1-2H3,(H,20,23)(H,24,25)/b15-9-. The fourth-order valence-corrected chi connectivity index (χ4v) is 2.01. The lowest BCUT2D eigenvalue weighted by Crippen LogP contribution is -2.16. The molecule has 0 radical (unpaired) electrons. The summed E-state index contributed by atoms with van der Waals surface area (Å²) in [7, 11) is 1.39. The molecule has 134 valence electrons. The first-order chi connectivity index (χ1) is 12.3. The van der Waals surface area contributed by atoms with Crippen molar-refractivity contribution in [2.24, 2.45) is 0 Å². The van der Waals surface area contributed by atoms with E-state index in [4.69, 9.17) is 9.84 Å². The van der Waals surface area contributed by atoms with Gasteiger partial charge in [0, 0.05) is 17.8 Å². The van der Waals surface area contributed by atoms with Crippen molar-refractivity contribution in [1.82, 2.24) is 4.98 Å². The van der Waals surface area contributed by atoms with Crippen LogP contribution in [-0.2, 0) is 4.79 Å². The van der Waals surface area contributed by atoms with Crippen molar-refractivity contribution in [3.8, 4) is 5.88 Å². The zero-order chi connectivity index (χ0) is 19.3. The molecular weight excluding hydrogens is 340 g/mol. The van der Waals surface area contributed by atoms with E-state index in [-0.39, 0.29) is 22.8 Å². The van der Waals surface area contributed by atoms with Gasteiger partial charge in [-0.05, 0) is 30.7 Å². The lowest BCUT2D eigenvalue weighted by molar-refractivity contribution is -0.115. The number of amides is 1. The Bertz CT molecular complexity index is 904. The van der Waals surface area contributed by atoms with Crippen LogP contribution >= 0.6 is 0 Å². The minimum absolute atomic E-state index is 0.00671. The number of carbonyl (C=O) groups is 3. The number of ether oxygens (including phenoxy) is 1. The average molecular weight is 356 g/mol. The van der Waals surface area contributed by atoms with Gasteiger partial charge < -0.3 is 20.3 Å². The van der Waals surface area contributed by atoms with Gasteiger partial charge in [-0.25, -0.2) is 9.78 Å². The van der Waals surface area contributed by atoms with Crippen molar-refractivity contribution in [3.05, 3.63) is 65.1 Å². The molecule has 2 rings (SSSR count). The average Bonchev–Trinajstić information content (AvgIpc) is 2.63. The van der Waals surface area contributed by atoms with Crippen molar-refractivity contribution in [2.75, 3.05) is 12.4 Å². The number of aromatic carboxylic acids is 1. The van der Waals surface area contributed by atoms with Crippen LogP contribution in [0.5, 0.6) is 5.88 Å². The molecule has 1 aromatic carbocycles. The number of hydrogen-bond donors (Lipinski definition) is 3. The molecule has 0 saturated heterocycles. The molecule has 1 aromatic heterocycles. The maximum atomic E-state index is 12.1. The van der Waals surface area contributed by atoms with Gasteiger partial charge >= 0.3 is 5.97 Å². The number of aliphatic hydroxyl groups is 1. The van der Waals surface area contributed by atoms with Crippen LogP contribution in [0.4, 0.5) is 5.69 Å². The first-order valence-electron chi connectivity index (χ1n) is 7.43. The largest absolute Gasteiger partial charge is 0.503 e. The molecule has 1 amide bonds. The molecule has 0 fully saturated rings. The molecule has 0 aliphatic rings. The molecule has 8 heteroatoms. The van der Waals surface area contributed by atoms with E-state index >= 15 is 0 Å². The third-order valence-corrected chi connectivity index (χ3v) is 3.42. The lowest BCUT2D eigenvalue weighted by Gasteiger charge is -2.09. The number of nitrogens with zero attached hydrogens (tertiary/aromatic N) is 1. The molecule has 1 heterocycles. The molecule has 8 nitrogen and oxygen atoms in total. The van der Waals surface area contributed by atoms with Crippen molar-refractivity contribution in [1.29, 1.82) is 0 Å². The minimum atomic E-state index is -1.15. The number of aryl methyl sites for hydroxylation is 1. The van der Waals surface area contributed by atoms with Crippen molar-refractivity contribution < 1.29 is 29.3 Å². The Morgan fingerprint density at radius 2 is 1.88 bits per heavy atom. The third kappa shape index (κ3) is 4.44. The van der Waals surface area contributed by atoms with Crippen LogP contribution in [0.3, 0.4) is 0 Å². The normalized spacial score (nSPS) is 10.9. The van der Waals surface area contributed by atoms with Crippen molar-refractivity contribution in [2.45, 2.75) is 6.92 Å². The second kappa shape index (κ2) is 7.93. The Morgan fingerprint density at radius 1 is 1.15 bits per heavy atom. The topological polar surface area (TPSA) is 126 Å². The summed E-state index contributed by atoms with van der Waals surface area (Å²) in [6.45, 7) is 1.66. The van der Waals surface area contributed by atoms with E-state index in [1.165, 1.54) is 31.4 Å². The SMILES string of the molecule is COc1cccc(C(=O)/C=C(\O)C(=O)Nc2cc(C(=O)O)ccc2C)n1. The molecule has 26 heavy (non-hydrogen) atoms. The van der Waals surface area contributed by atoms with Gasteiger partial charge in [0.05, 0.1) is 12.7 Å². The number of nitrogens with one attached hydrogen (secondary N) is 1. The number of rotatable bonds is 6. The number of aliphatic hydroxyl groups excluding tert-OH is 1. The highest BCUT2D eigenvalue weighted by Gasteiger charge is 2.15. The van der Waals surface area contributed by atoms with Crippen LogP contribution < -0.4 is 10.1 Å². The first-order valence-corrected chi connectivity index (χ1v) is 7.43. The Labute approximate surface area is 148 Å². The minimum Gasteiger partial charge on any atom is -0.503 e. The van der Waals surface area contributed by atoms with Crippen molar-refractivity contribution >= 4 is 23.3 Å². The Hall–Kier alpha value is -3.68. The molecule has 0 unspecified atom stereocenters. The van der Waals surface area contributed by atoms with E-state index in [0.29, 0.717) is 5.56 Å². The first kappa shape index (κ1) is 18.7. The van der Waals surface area contributed by atoms with E-state index in [0.717, 1.165) is 6.08 Å². The van der Waals surface area contributed by atoms with E-state index in [1.807, 2.05) is 0 Å². The number of benzene rings is 1. The smallest absolute Gasteiger partial charge is 0.335 e. The van der Waals surface area contributed by atoms with Gasteiger partial charge in [-0.3, -0.25) is 9.59 Å². The van der Waals surface area contributed by atoms with Crippen LogP contribution in [0.15, 0.2) is 48.2 Å². The van der Waals surface area contributed by atoms with E-state index < -0.39 is 23.4 Å². The molecule has 0 bridgehead atoms. The Morgan fingerprint density at radius 3 is 2.54 bits per heavy atom. The van der Waals surface area contributed by atoms with Gasteiger partial charge in [0.1, 0.15) is 5.69 Å². The number of methoxy groups -OCH3 is 1. The number of ketones is 1. The number of carboxylic acids is 1. The van der Waals surface area contributed by atoms with Crippen LogP contribution in [-0.4, -0.2) is 40.0 Å². The molecule has 3 N–H and O–H groups in total. The van der Waals surface area contributed by atoms with Gasteiger partial charge in [-0.15, -0.1) is 0 Å². The summed E-state index contributed by atoms with van der Waals surface area (Å²) < 4.78 is 4.91. The number of pyridine rings is 1. The zero-order valence-electron chi connectivity index (χ0n) is 14.0. The molecule has 0 aliphatic heterocycles. The number of aromatic nitrogens is 1. The third-order valence-electron chi connectivity index (χ3n) is 3.42. The highest BCUT2D eigenvalue weighted by atomic mass is 16.5. The van der Waals surface area contributed by atoms with E-state index in [9.17, 15) is 19.5 Å². The summed E-state index contributed by atoms with van der Waals surface area (Å²) >= 11 is 0. The molecule has 2 aromatic rings. The second-order valence-corrected chi connectivity index (χ2v) is 5.25. The summed E-state index contributed by atoms with van der Waals surface area (Å²) in [6.07, 6.45) is 0.730. The van der Waals surface area contributed by atoms with Crippen LogP contribution in [0.25, 0.3) is 0 Å². The monoisotopic (exact) mass is 356 g/mol. The number of carbonyl (C=O) groups excluding carboxylic acids is 2. The fourth-order valence-electron chi connectivity index (χ4n) is 2.01. The Kier molecular flexibility index (Phi) is 5.69. The maximum Gasteiger partial charge on any atom is 0.335 e. The van der Waals surface area contributed by atoms with Crippen LogP contribution in [0.2, 0.25) is 0 Å². The predicted molar refractivity (Wildman–Crippen MR) is 92.6 cm³/mol. The molecule has 0 saturated carbocycles. The molecule has 0 spiro atoms. The Balaban J connectivity index is 2.18. The maximum absolute atomic E-state index is 12.1. The van der Waals surface area contributed by atoms with Gasteiger partial charge in [-0.1, -0.05) is 12.1 Å². The van der Waals surface area contributed by atoms with Gasteiger partial charge in [0.15, 0.2) is 5.76 Å². The lowest BCUT2D eigenvalue weighted by atomic mass is 10.1. The van der Waals surface area contributed by atoms with Crippen LogP contribution in [0.1, 0.15) is 26.4 Å². The molecular formula is C18H16N2O6. The van der Waals surface area contributed by atoms with Gasteiger partial charge in [0.2, 0.25) is 11.7 Å².